The average molecular weight is 376 g/mol. The summed E-state index contributed by atoms with van der Waals surface area (Å²) in [4.78, 5) is 14.4. The molecule has 1 amide bonds. The SMILES string of the molecule is O=C(c1ccsc1)N1CCc2[nH]nc(-c3cc(Cl)c(O)cc3O)c2C1. The number of carbonyl (C=O) groups is 1. The molecular weight excluding hydrogens is 362 g/mol. The second-order valence-electron chi connectivity index (χ2n) is 5.84. The Morgan fingerprint density at radius 1 is 1.32 bits per heavy atom. The maximum Gasteiger partial charge on any atom is 0.255 e. The largest absolute Gasteiger partial charge is 0.507 e. The molecule has 1 aromatic carbocycles. The number of H-pyrrole nitrogens is 1. The first-order valence-electron chi connectivity index (χ1n) is 7.64. The molecular formula is C17H14ClN3O3S. The van der Waals surface area contributed by atoms with Crippen LogP contribution in [0.3, 0.4) is 0 Å². The van der Waals surface area contributed by atoms with Crippen molar-refractivity contribution in [2.45, 2.75) is 13.0 Å². The van der Waals surface area contributed by atoms with Crippen molar-refractivity contribution >= 4 is 28.8 Å². The molecule has 0 atom stereocenters. The summed E-state index contributed by atoms with van der Waals surface area (Å²) < 4.78 is 0. The van der Waals surface area contributed by atoms with Crippen LogP contribution in [-0.2, 0) is 13.0 Å². The van der Waals surface area contributed by atoms with Crippen molar-refractivity contribution in [1.82, 2.24) is 15.1 Å². The second kappa shape index (κ2) is 6.09. The summed E-state index contributed by atoms with van der Waals surface area (Å²) >= 11 is 7.46. The molecule has 0 unspecified atom stereocenters. The van der Waals surface area contributed by atoms with Crippen LogP contribution < -0.4 is 0 Å². The van der Waals surface area contributed by atoms with E-state index in [-0.39, 0.29) is 22.4 Å². The van der Waals surface area contributed by atoms with Gasteiger partial charge in [0.2, 0.25) is 0 Å². The number of benzene rings is 1. The summed E-state index contributed by atoms with van der Waals surface area (Å²) in [6.07, 6.45) is 0.658. The van der Waals surface area contributed by atoms with Crippen LogP contribution in [0.2, 0.25) is 5.02 Å². The van der Waals surface area contributed by atoms with Crippen LogP contribution in [0, 0.1) is 0 Å². The van der Waals surface area contributed by atoms with E-state index in [2.05, 4.69) is 10.2 Å². The Balaban J connectivity index is 1.70. The van der Waals surface area contributed by atoms with Gasteiger partial charge in [0.15, 0.2) is 0 Å². The van der Waals surface area contributed by atoms with Gasteiger partial charge in [0.25, 0.3) is 5.91 Å². The molecule has 25 heavy (non-hydrogen) atoms. The number of aromatic amines is 1. The van der Waals surface area contributed by atoms with Gasteiger partial charge < -0.3 is 15.1 Å². The van der Waals surface area contributed by atoms with E-state index in [4.69, 9.17) is 11.6 Å². The quantitative estimate of drug-likeness (QED) is 0.640. The van der Waals surface area contributed by atoms with Gasteiger partial charge in [-0.15, -0.1) is 0 Å². The molecule has 0 aliphatic carbocycles. The Morgan fingerprint density at radius 2 is 2.16 bits per heavy atom. The first kappa shape index (κ1) is 16.0. The molecule has 3 N–H and O–H groups in total. The normalized spacial score (nSPS) is 13.7. The fraction of sp³-hybridized carbons (Fsp3) is 0.176. The number of carbonyl (C=O) groups excluding carboxylic acids is 1. The maximum absolute atomic E-state index is 12.6. The highest BCUT2D eigenvalue weighted by molar-refractivity contribution is 7.08. The number of nitrogens with zero attached hydrogens (tertiary/aromatic N) is 2. The first-order chi connectivity index (χ1) is 12.0. The zero-order valence-corrected chi connectivity index (χ0v) is 14.6. The van der Waals surface area contributed by atoms with E-state index in [1.165, 1.54) is 23.5 Å². The molecule has 128 valence electrons. The standard InChI is InChI=1S/C17H14ClN3O3S/c18-12-5-10(14(22)6-15(12)23)16-11-7-21(3-1-13(11)19-20-16)17(24)9-2-4-25-8-9/h2,4-6,8,22-23H,1,3,7H2,(H,19,20). The lowest BCUT2D eigenvalue weighted by atomic mass is 10.00. The number of hydrogen-bond acceptors (Lipinski definition) is 5. The highest BCUT2D eigenvalue weighted by Crippen LogP contribution is 2.39. The summed E-state index contributed by atoms with van der Waals surface area (Å²) in [6, 6.07) is 4.47. The molecule has 0 bridgehead atoms. The zero-order valence-electron chi connectivity index (χ0n) is 13.0. The van der Waals surface area contributed by atoms with E-state index in [1.807, 2.05) is 16.8 Å². The topological polar surface area (TPSA) is 89.5 Å². The number of fused-ring (bicyclic) bond motifs is 1. The van der Waals surface area contributed by atoms with Gasteiger partial charge in [0, 0.05) is 47.8 Å². The molecule has 0 fully saturated rings. The van der Waals surface area contributed by atoms with Crippen LogP contribution in [0.25, 0.3) is 11.3 Å². The minimum atomic E-state index is -0.193. The van der Waals surface area contributed by atoms with Gasteiger partial charge in [-0.3, -0.25) is 9.89 Å². The summed E-state index contributed by atoms with van der Waals surface area (Å²) in [7, 11) is 0. The lowest BCUT2D eigenvalue weighted by Crippen LogP contribution is -2.35. The number of hydrogen-bond donors (Lipinski definition) is 3. The molecule has 8 heteroatoms. The Hall–Kier alpha value is -2.51. The molecule has 1 aliphatic rings. The maximum atomic E-state index is 12.6. The average Bonchev–Trinajstić information content (AvgIpc) is 3.26. The van der Waals surface area contributed by atoms with Crippen molar-refractivity contribution in [2.75, 3.05) is 6.54 Å². The third-order valence-electron chi connectivity index (χ3n) is 4.31. The summed E-state index contributed by atoms with van der Waals surface area (Å²) in [5, 5.41) is 30.9. The number of aromatic nitrogens is 2. The summed E-state index contributed by atoms with van der Waals surface area (Å²) in [6.45, 7) is 0.999. The lowest BCUT2D eigenvalue weighted by Gasteiger charge is -2.27. The first-order valence-corrected chi connectivity index (χ1v) is 8.96. The van der Waals surface area contributed by atoms with Gasteiger partial charge in [-0.25, -0.2) is 0 Å². The van der Waals surface area contributed by atoms with Gasteiger partial charge >= 0.3 is 0 Å². The van der Waals surface area contributed by atoms with E-state index in [1.54, 1.807) is 4.90 Å². The minimum absolute atomic E-state index is 0.0213. The van der Waals surface area contributed by atoms with Crippen molar-refractivity contribution < 1.29 is 15.0 Å². The number of thiophene rings is 1. The third-order valence-corrected chi connectivity index (χ3v) is 5.30. The Kier molecular flexibility index (Phi) is 3.89. The van der Waals surface area contributed by atoms with Crippen molar-refractivity contribution in [2.24, 2.45) is 0 Å². The van der Waals surface area contributed by atoms with Gasteiger partial charge in [0.05, 0.1) is 10.6 Å². The fourth-order valence-electron chi connectivity index (χ4n) is 3.00. The van der Waals surface area contributed by atoms with Gasteiger partial charge in [-0.05, 0) is 17.5 Å². The number of phenols is 2. The molecule has 4 rings (SSSR count). The molecule has 0 saturated heterocycles. The lowest BCUT2D eigenvalue weighted by molar-refractivity contribution is 0.0735. The van der Waals surface area contributed by atoms with Crippen LogP contribution in [0.5, 0.6) is 11.5 Å². The number of rotatable bonds is 2. The smallest absolute Gasteiger partial charge is 0.255 e. The molecule has 0 radical (unpaired) electrons. The number of nitrogens with one attached hydrogen (secondary N) is 1. The predicted molar refractivity (Wildman–Crippen MR) is 95.1 cm³/mol. The van der Waals surface area contributed by atoms with Crippen LogP contribution in [0.15, 0.2) is 29.0 Å². The summed E-state index contributed by atoms with van der Waals surface area (Å²) in [5.74, 6) is -0.328. The van der Waals surface area contributed by atoms with Crippen LogP contribution >= 0.6 is 22.9 Å². The van der Waals surface area contributed by atoms with E-state index < -0.39 is 0 Å². The van der Waals surface area contributed by atoms with E-state index >= 15 is 0 Å². The molecule has 3 aromatic rings. The zero-order chi connectivity index (χ0) is 17.6. The van der Waals surface area contributed by atoms with E-state index in [0.717, 1.165) is 11.3 Å². The van der Waals surface area contributed by atoms with Crippen molar-refractivity contribution in [1.29, 1.82) is 0 Å². The third kappa shape index (κ3) is 2.75. The highest BCUT2D eigenvalue weighted by atomic mass is 35.5. The van der Waals surface area contributed by atoms with Crippen molar-refractivity contribution in [3.05, 3.63) is 50.8 Å². The van der Waals surface area contributed by atoms with Crippen LogP contribution in [0.1, 0.15) is 21.6 Å². The van der Waals surface area contributed by atoms with Crippen LogP contribution in [0.4, 0.5) is 0 Å². The fourth-order valence-corrected chi connectivity index (χ4v) is 3.79. The number of amides is 1. The highest BCUT2D eigenvalue weighted by Gasteiger charge is 2.27. The molecule has 0 saturated carbocycles. The van der Waals surface area contributed by atoms with E-state index in [9.17, 15) is 15.0 Å². The van der Waals surface area contributed by atoms with Crippen LogP contribution in [-0.4, -0.2) is 37.8 Å². The molecule has 3 heterocycles. The Bertz CT molecular complexity index is 952. The predicted octanol–water partition coefficient (Wildman–Crippen LogP) is 3.40. The van der Waals surface area contributed by atoms with Crippen molar-refractivity contribution in [3.8, 4) is 22.8 Å². The van der Waals surface area contributed by atoms with E-state index in [0.29, 0.717) is 36.3 Å². The Labute approximate surface area is 152 Å². The van der Waals surface area contributed by atoms with Gasteiger partial charge in [-0.2, -0.15) is 16.4 Å². The van der Waals surface area contributed by atoms with Gasteiger partial charge in [-0.1, -0.05) is 11.6 Å². The Morgan fingerprint density at radius 3 is 2.92 bits per heavy atom. The summed E-state index contributed by atoms with van der Waals surface area (Å²) in [5.41, 5.74) is 3.43. The molecule has 6 nitrogen and oxygen atoms in total. The number of phenolic OH excluding ortho intramolecular Hbond substituents is 2. The second-order valence-corrected chi connectivity index (χ2v) is 7.03. The molecule has 0 spiro atoms. The molecule has 2 aromatic heterocycles. The monoisotopic (exact) mass is 375 g/mol. The number of halogens is 1. The molecule has 1 aliphatic heterocycles. The van der Waals surface area contributed by atoms with Crippen molar-refractivity contribution in [3.63, 3.8) is 0 Å². The number of aromatic hydroxyl groups is 2. The van der Waals surface area contributed by atoms with Gasteiger partial charge in [0.1, 0.15) is 17.2 Å². The minimum Gasteiger partial charge on any atom is -0.507 e.